The molecule has 0 aliphatic carbocycles. The second-order valence-corrected chi connectivity index (χ2v) is 6.98. The van der Waals surface area contributed by atoms with Crippen molar-refractivity contribution >= 4 is 21.6 Å². The molecule has 0 spiro atoms. The number of amides is 1. The Morgan fingerprint density at radius 2 is 1.91 bits per heavy atom. The van der Waals surface area contributed by atoms with Gasteiger partial charge in [-0.15, -0.1) is 0 Å². The molecule has 1 aromatic rings. The number of nitrogens with zero attached hydrogens (tertiary/aromatic N) is 2. The van der Waals surface area contributed by atoms with Gasteiger partial charge in [-0.05, 0) is 19.1 Å². The van der Waals surface area contributed by atoms with Crippen LogP contribution in [0.3, 0.4) is 0 Å². The van der Waals surface area contributed by atoms with E-state index in [1.807, 2.05) is 0 Å². The molecule has 0 radical (unpaired) electrons. The van der Waals surface area contributed by atoms with Gasteiger partial charge >= 0.3 is 0 Å². The fourth-order valence-corrected chi connectivity index (χ4v) is 3.62. The number of ether oxygens (including phenoxy) is 1. The monoisotopic (exact) mass is 330 g/mol. The minimum Gasteiger partial charge on any atom is -0.378 e. The minimum absolute atomic E-state index is 0.126. The molecule has 22 heavy (non-hydrogen) atoms. The zero-order chi connectivity index (χ0) is 16.3. The predicted octanol–water partition coefficient (Wildman–Crippen LogP) is 0.839. The van der Waals surface area contributed by atoms with Crippen LogP contribution in [0.1, 0.15) is 6.92 Å². The van der Waals surface area contributed by atoms with Gasteiger partial charge in [-0.3, -0.25) is 9.10 Å². The number of hydrogen-bond donors (Lipinski definition) is 0. The summed E-state index contributed by atoms with van der Waals surface area (Å²) in [5.74, 6) is -1.05. The van der Waals surface area contributed by atoms with Crippen LogP contribution in [0.4, 0.5) is 10.1 Å². The molecule has 6 nitrogen and oxygen atoms in total. The smallest absolute Gasteiger partial charge is 0.246 e. The van der Waals surface area contributed by atoms with Gasteiger partial charge in [0.2, 0.25) is 15.9 Å². The molecular formula is C14H19FN2O4S. The first-order valence-electron chi connectivity index (χ1n) is 6.93. The lowest BCUT2D eigenvalue weighted by Gasteiger charge is -2.34. The number of hydrogen-bond acceptors (Lipinski definition) is 4. The van der Waals surface area contributed by atoms with Crippen LogP contribution in [0.25, 0.3) is 0 Å². The van der Waals surface area contributed by atoms with Gasteiger partial charge in [0, 0.05) is 13.1 Å². The zero-order valence-corrected chi connectivity index (χ0v) is 13.3. The molecule has 1 amide bonds. The van der Waals surface area contributed by atoms with Crippen molar-refractivity contribution < 1.29 is 22.3 Å². The highest BCUT2D eigenvalue weighted by molar-refractivity contribution is 7.92. The molecule has 0 aromatic heterocycles. The SMILES string of the molecule is CC(C(=O)N1CCOCC1)N(c1ccccc1F)S(C)(=O)=O. The number of anilines is 1. The molecule has 1 aliphatic heterocycles. The van der Waals surface area contributed by atoms with Gasteiger partial charge in [0.1, 0.15) is 11.9 Å². The number of carbonyl (C=O) groups excluding carboxylic acids is 1. The van der Waals surface area contributed by atoms with E-state index in [0.29, 0.717) is 26.3 Å². The molecule has 0 bridgehead atoms. The number of rotatable bonds is 4. The number of para-hydroxylation sites is 1. The maximum Gasteiger partial charge on any atom is 0.246 e. The van der Waals surface area contributed by atoms with Gasteiger partial charge < -0.3 is 9.64 Å². The second kappa shape index (κ2) is 6.62. The largest absolute Gasteiger partial charge is 0.378 e. The van der Waals surface area contributed by atoms with Gasteiger partial charge in [0.15, 0.2) is 0 Å². The van der Waals surface area contributed by atoms with Crippen LogP contribution in [0, 0.1) is 5.82 Å². The molecule has 1 atom stereocenters. The van der Waals surface area contributed by atoms with E-state index in [4.69, 9.17) is 4.74 Å². The van der Waals surface area contributed by atoms with Crippen molar-refractivity contribution in [2.24, 2.45) is 0 Å². The number of morpholine rings is 1. The Morgan fingerprint density at radius 3 is 2.45 bits per heavy atom. The minimum atomic E-state index is -3.81. The van der Waals surface area contributed by atoms with E-state index in [1.165, 1.54) is 36.1 Å². The average molecular weight is 330 g/mol. The van der Waals surface area contributed by atoms with E-state index < -0.39 is 21.9 Å². The molecule has 1 aliphatic rings. The third-order valence-corrected chi connectivity index (χ3v) is 4.71. The Hall–Kier alpha value is -1.67. The summed E-state index contributed by atoms with van der Waals surface area (Å²) in [6.45, 7) is 3.09. The van der Waals surface area contributed by atoms with E-state index in [1.54, 1.807) is 0 Å². The highest BCUT2D eigenvalue weighted by Crippen LogP contribution is 2.24. The second-order valence-electron chi connectivity index (χ2n) is 5.12. The van der Waals surface area contributed by atoms with Crippen molar-refractivity contribution in [3.8, 4) is 0 Å². The summed E-state index contributed by atoms with van der Waals surface area (Å²) in [4.78, 5) is 14.0. The molecule has 1 fully saturated rings. The van der Waals surface area contributed by atoms with Crippen LogP contribution in [0.15, 0.2) is 24.3 Å². The molecule has 1 heterocycles. The zero-order valence-electron chi connectivity index (χ0n) is 12.5. The molecular weight excluding hydrogens is 311 g/mol. The fourth-order valence-electron chi connectivity index (χ4n) is 2.45. The lowest BCUT2D eigenvalue weighted by molar-refractivity contribution is -0.136. The summed E-state index contributed by atoms with van der Waals surface area (Å²) in [6.07, 6.45) is 0.961. The van der Waals surface area contributed by atoms with Gasteiger partial charge in [-0.1, -0.05) is 12.1 Å². The Labute approximate surface area is 129 Å². The Kier molecular flexibility index (Phi) is 5.02. The highest BCUT2D eigenvalue weighted by Gasteiger charge is 2.33. The van der Waals surface area contributed by atoms with E-state index in [0.717, 1.165) is 10.6 Å². The molecule has 0 N–H and O–H groups in total. The van der Waals surface area contributed by atoms with Crippen molar-refractivity contribution in [2.45, 2.75) is 13.0 Å². The molecule has 1 saturated heterocycles. The lowest BCUT2D eigenvalue weighted by atomic mass is 10.2. The standard InChI is InChI=1S/C14H19FN2O4S/c1-11(14(18)16-7-9-21-10-8-16)17(22(2,19)20)13-6-4-3-5-12(13)15/h3-6,11H,7-10H2,1-2H3. The predicted molar refractivity (Wildman–Crippen MR) is 80.6 cm³/mol. The molecule has 122 valence electrons. The van der Waals surface area contributed by atoms with Crippen LogP contribution in [-0.2, 0) is 19.6 Å². The average Bonchev–Trinajstić information content (AvgIpc) is 2.48. The Bertz CT molecular complexity index is 644. The van der Waals surface area contributed by atoms with Crippen molar-refractivity contribution in [2.75, 3.05) is 36.9 Å². The Morgan fingerprint density at radius 1 is 1.32 bits per heavy atom. The first kappa shape index (κ1) is 16.7. The van der Waals surface area contributed by atoms with E-state index in [9.17, 15) is 17.6 Å². The molecule has 0 saturated carbocycles. The molecule has 8 heteroatoms. The number of sulfonamides is 1. The lowest BCUT2D eigenvalue weighted by Crippen LogP contribution is -2.52. The van der Waals surface area contributed by atoms with Gasteiger partial charge in [-0.25, -0.2) is 12.8 Å². The van der Waals surface area contributed by atoms with Crippen LogP contribution in [-0.4, -0.2) is 57.8 Å². The number of benzene rings is 1. The summed E-state index contributed by atoms with van der Waals surface area (Å²) in [5.41, 5.74) is -0.126. The maximum absolute atomic E-state index is 14.0. The summed E-state index contributed by atoms with van der Waals surface area (Å²) in [5, 5.41) is 0. The van der Waals surface area contributed by atoms with Crippen LogP contribution in [0.5, 0.6) is 0 Å². The van der Waals surface area contributed by atoms with E-state index >= 15 is 0 Å². The quantitative estimate of drug-likeness (QED) is 0.820. The van der Waals surface area contributed by atoms with E-state index in [-0.39, 0.29) is 11.6 Å². The van der Waals surface area contributed by atoms with Crippen molar-refractivity contribution in [3.05, 3.63) is 30.1 Å². The van der Waals surface area contributed by atoms with E-state index in [2.05, 4.69) is 0 Å². The van der Waals surface area contributed by atoms with Crippen LogP contribution < -0.4 is 4.31 Å². The van der Waals surface area contributed by atoms with Crippen molar-refractivity contribution in [1.82, 2.24) is 4.90 Å². The highest BCUT2D eigenvalue weighted by atomic mass is 32.2. The van der Waals surface area contributed by atoms with Crippen molar-refractivity contribution in [1.29, 1.82) is 0 Å². The third-order valence-electron chi connectivity index (χ3n) is 3.48. The number of halogens is 1. The summed E-state index contributed by atoms with van der Waals surface area (Å²) >= 11 is 0. The normalized spacial score (nSPS) is 17.1. The molecule has 2 rings (SSSR count). The summed E-state index contributed by atoms with van der Waals surface area (Å²) in [7, 11) is -3.81. The van der Waals surface area contributed by atoms with Gasteiger partial charge in [0.05, 0.1) is 25.2 Å². The fraction of sp³-hybridized carbons (Fsp3) is 0.500. The summed E-state index contributed by atoms with van der Waals surface area (Å²) < 4.78 is 44.1. The van der Waals surface area contributed by atoms with Crippen molar-refractivity contribution in [3.63, 3.8) is 0 Å². The van der Waals surface area contributed by atoms with Crippen LogP contribution >= 0.6 is 0 Å². The molecule has 1 aromatic carbocycles. The van der Waals surface area contributed by atoms with Gasteiger partial charge in [-0.2, -0.15) is 0 Å². The first-order valence-corrected chi connectivity index (χ1v) is 8.77. The maximum atomic E-state index is 14.0. The molecule has 1 unspecified atom stereocenters. The third kappa shape index (κ3) is 3.56. The van der Waals surface area contributed by atoms with Gasteiger partial charge in [0.25, 0.3) is 0 Å². The Balaban J connectivity index is 2.34. The topological polar surface area (TPSA) is 66.9 Å². The van der Waals surface area contributed by atoms with Crippen LogP contribution in [0.2, 0.25) is 0 Å². The first-order chi connectivity index (χ1) is 10.3. The number of carbonyl (C=O) groups is 1. The summed E-state index contributed by atoms with van der Waals surface area (Å²) in [6, 6.07) is 4.49.